The molecule has 0 saturated carbocycles. The van der Waals surface area contributed by atoms with Crippen molar-refractivity contribution in [1.29, 1.82) is 0 Å². The summed E-state index contributed by atoms with van der Waals surface area (Å²) in [6.07, 6.45) is 5.44. The van der Waals surface area contributed by atoms with Crippen molar-refractivity contribution in [2.24, 2.45) is 0 Å². The SMILES string of the molecule is CN(C)S(=O)(=O)N1CCC(C)(c2ncn3ccsc23)CC1. The minimum atomic E-state index is -3.31. The molecule has 8 heteroatoms. The van der Waals surface area contributed by atoms with E-state index in [-0.39, 0.29) is 5.41 Å². The molecule has 2 aromatic heterocycles. The Hall–Kier alpha value is -0.960. The van der Waals surface area contributed by atoms with E-state index in [0.717, 1.165) is 18.5 Å². The Morgan fingerprint density at radius 1 is 1.33 bits per heavy atom. The summed E-state index contributed by atoms with van der Waals surface area (Å²) in [4.78, 5) is 5.74. The number of fused-ring (bicyclic) bond motifs is 1. The number of nitrogens with zero attached hydrogens (tertiary/aromatic N) is 4. The summed E-state index contributed by atoms with van der Waals surface area (Å²) in [5, 5.41) is 2.05. The number of rotatable bonds is 3. The molecule has 3 heterocycles. The van der Waals surface area contributed by atoms with Crippen LogP contribution in [0.2, 0.25) is 0 Å². The number of thiazole rings is 1. The summed E-state index contributed by atoms with van der Waals surface area (Å²) >= 11 is 1.68. The highest BCUT2D eigenvalue weighted by atomic mass is 32.2. The van der Waals surface area contributed by atoms with E-state index >= 15 is 0 Å². The van der Waals surface area contributed by atoms with Gasteiger partial charge in [0.15, 0.2) is 0 Å². The molecule has 0 spiro atoms. The van der Waals surface area contributed by atoms with Gasteiger partial charge in [0.1, 0.15) is 11.2 Å². The third-order valence-corrected chi connectivity index (χ3v) is 7.16. The first-order chi connectivity index (χ1) is 9.84. The monoisotopic (exact) mass is 328 g/mol. The highest BCUT2D eigenvalue weighted by Crippen LogP contribution is 2.38. The Morgan fingerprint density at radius 3 is 2.62 bits per heavy atom. The van der Waals surface area contributed by atoms with Crippen LogP contribution in [-0.4, -0.2) is 53.6 Å². The zero-order chi connectivity index (χ0) is 15.3. The quantitative estimate of drug-likeness (QED) is 0.859. The van der Waals surface area contributed by atoms with Crippen LogP contribution in [0.5, 0.6) is 0 Å². The summed E-state index contributed by atoms with van der Waals surface area (Å²) in [7, 11) is -0.153. The number of hydrogen-bond donors (Lipinski definition) is 0. The van der Waals surface area contributed by atoms with Crippen LogP contribution in [0.4, 0.5) is 0 Å². The molecule has 3 rings (SSSR count). The lowest BCUT2D eigenvalue weighted by Crippen LogP contribution is -2.47. The van der Waals surface area contributed by atoms with Crippen LogP contribution >= 0.6 is 11.3 Å². The molecule has 0 radical (unpaired) electrons. The summed E-state index contributed by atoms with van der Waals surface area (Å²) in [6, 6.07) is 0. The van der Waals surface area contributed by atoms with Gasteiger partial charge in [0, 0.05) is 44.2 Å². The summed E-state index contributed by atoms with van der Waals surface area (Å²) in [6.45, 7) is 3.28. The summed E-state index contributed by atoms with van der Waals surface area (Å²) in [5.41, 5.74) is 1.04. The van der Waals surface area contributed by atoms with Gasteiger partial charge in [-0.2, -0.15) is 17.0 Å². The third kappa shape index (κ3) is 2.40. The van der Waals surface area contributed by atoms with Crippen molar-refractivity contribution in [3.8, 4) is 0 Å². The maximum absolute atomic E-state index is 12.2. The number of imidazole rings is 1. The second-order valence-electron chi connectivity index (χ2n) is 5.96. The average molecular weight is 328 g/mol. The van der Waals surface area contributed by atoms with Gasteiger partial charge >= 0.3 is 0 Å². The minimum absolute atomic E-state index is 0.0576. The lowest BCUT2D eigenvalue weighted by molar-refractivity contribution is 0.238. The van der Waals surface area contributed by atoms with E-state index in [0.29, 0.717) is 13.1 Å². The molecule has 6 nitrogen and oxygen atoms in total. The van der Waals surface area contributed by atoms with Crippen LogP contribution < -0.4 is 0 Å². The number of aromatic nitrogens is 2. The van der Waals surface area contributed by atoms with Crippen molar-refractivity contribution in [1.82, 2.24) is 18.0 Å². The fourth-order valence-corrected chi connectivity index (χ4v) is 4.89. The Morgan fingerprint density at radius 2 is 2.00 bits per heavy atom. The second-order valence-corrected chi connectivity index (χ2v) is 9.00. The molecule has 0 bridgehead atoms. The molecule has 0 aromatic carbocycles. The van der Waals surface area contributed by atoms with E-state index in [4.69, 9.17) is 0 Å². The Labute approximate surface area is 129 Å². The van der Waals surface area contributed by atoms with Crippen LogP contribution in [0.3, 0.4) is 0 Å². The third-order valence-electron chi connectivity index (χ3n) is 4.33. The van der Waals surface area contributed by atoms with Gasteiger partial charge in [0.05, 0.1) is 5.69 Å². The second kappa shape index (κ2) is 5.05. The van der Waals surface area contributed by atoms with Crippen LogP contribution in [0.1, 0.15) is 25.5 Å². The van der Waals surface area contributed by atoms with Crippen molar-refractivity contribution in [2.45, 2.75) is 25.2 Å². The van der Waals surface area contributed by atoms with Gasteiger partial charge < -0.3 is 0 Å². The molecular formula is C13H20N4O2S2. The van der Waals surface area contributed by atoms with E-state index in [1.165, 1.54) is 9.14 Å². The van der Waals surface area contributed by atoms with Crippen molar-refractivity contribution in [3.63, 3.8) is 0 Å². The molecule has 0 unspecified atom stereocenters. The van der Waals surface area contributed by atoms with Crippen LogP contribution in [-0.2, 0) is 15.6 Å². The molecule has 2 aromatic rings. The maximum atomic E-state index is 12.2. The van der Waals surface area contributed by atoms with Gasteiger partial charge in [-0.05, 0) is 12.8 Å². The molecule has 21 heavy (non-hydrogen) atoms. The molecule has 0 amide bonds. The highest BCUT2D eigenvalue weighted by Gasteiger charge is 2.39. The first-order valence-electron chi connectivity index (χ1n) is 6.93. The summed E-state index contributed by atoms with van der Waals surface area (Å²) in [5.74, 6) is 0. The van der Waals surface area contributed by atoms with Gasteiger partial charge in [-0.25, -0.2) is 4.98 Å². The zero-order valence-electron chi connectivity index (χ0n) is 12.5. The van der Waals surface area contributed by atoms with Gasteiger partial charge in [-0.3, -0.25) is 4.40 Å². The highest BCUT2D eigenvalue weighted by molar-refractivity contribution is 7.86. The molecule has 1 aliphatic heterocycles. The van der Waals surface area contributed by atoms with E-state index in [1.54, 1.807) is 29.7 Å². The largest absolute Gasteiger partial charge is 0.297 e. The van der Waals surface area contributed by atoms with Crippen molar-refractivity contribution >= 4 is 26.4 Å². The van der Waals surface area contributed by atoms with Crippen molar-refractivity contribution in [3.05, 3.63) is 23.6 Å². The first kappa shape index (κ1) is 15.0. The molecule has 1 aliphatic rings. The molecule has 0 N–H and O–H groups in total. The molecule has 116 valence electrons. The van der Waals surface area contributed by atoms with Crippen molar-refractivity contribution in [2.75, 3.05) is 27.2 Å². The van der Waals surface area contributed by atoms with Gasteiger partial charge in [0.2, 0.25) is 0 Å². The number of piperidine rings is 1. The topological polar surface area (TPSA) is 57.9 Å². The first-order valence-corrected chi connectivity index (χ1v) is 9.20. The van der Waals surface area contributed by atoms with Crippen LogP contribution in [0, 0.1) is 0 Å². The smallest absolute Gasteiger partial charge is 0.281 e. The molecule has 1 saturated heterocycles. The lowest BCUT2D eigenvalue weighted by Gasteiger charge is -2.38. The van der Waals surface area contributed by atoms with Gasteiger partial charge in [0.25, 0.3) is 10.2 Å². The van der Waals surface area contributed by atoms with Crippen molar-refractivity contribution < 1.29 is 8.42 Å². The van der Waals surface area contributed by atoms with Gasteiger partial charge in [-0.15, -0.1) is 11.3 Å². The van der Waals surface area contributed by atoms with E-state index < -0.39 is 10.2 Å². The number of hydrogen-bond acceptors (Lipinski definition) is 4. The summed E-state index contributed by atoms with van der Waals surface area (Å²) < 4.78 is 29.3. The molecular weight excluding hydrogens is 308 g/mol. The molecule has 0 aliphatic carbocycles. The zero-order valence-corrected chi connectivity index (χ0v) is 14.1. The van der Waals surface area contributed by atoms with E-state index in [1.807, 2.05) is 16.9 Å². The van der Waals surface area contributed by atoms with E-state index in [2.05, 4.69) is 17.3 Å². The molecule has 0 atom stereocenters. The van der Waals surface area contributed by atoms with E-state index in [9.17, 15) is 8.42 Å². The average Bonchev–Trinajstić information content (AvgIpc) is 3.01. The lowest BCUT2D eigenvalue weighted by atomic mass is 9.78. The molecule has 1 fully saturated rings. The fourth-order valence-electron chi connectivity index (χ4n) is 2.83. The predicted octanol–water partition coefficient (Wildman–Crippen LogP) is 1.56. The normalized spacial score (nSPS) is 20.4. The Bertz CT molecular complexity index is 739. The standard InChI is InChI=1S/C13H20N4O2S2/c1-13(11-12-16(10-14-11)8-9-20-12)4-6-17(7-5-13)21(18,19)15(2)3/h8-10H,4-7H2,1-3H3. The minimum Gasteiger partial charge on any atom is -0.297 e. The van der Waals surface area contributed by atoms with Gasteiger partial charge in [-0.1, -0.05) is 6.92 Å². The van der Waals surface area contributed by atoms with Crippen LogP contribution in [0.25, 0.3) is 4.83 Å². The predicted molar refractivity (Wildman–Crippen MR) is 83.8 cm³/mol. The maximum Gasteiger partial charge on any atom is 0.281 e. The fraction of sp³-hybridized carbons (Fsp3) is 0.615. The Balaban J connectivity index is 1.83. The van der Waals surface area contributed by atoms with Crippen LogP contribution in [0.15, 0.2) is 17.9 Å². The Kier molecular flexibility index (Phi) is 3.59.